The molecule has 9 fully saturated rings. The average molecular weight is 1200 g/mol. The highest BCUT2D eigenvalue weighted by molar-refractivity contribution is 8.76. The quantitative estimate of drug-likeness (QED) is 0.0884. The van der Waals surface area contributed by atoms with Crippen LogP contribution in [0.5, 0.6) is 5.75 Å². The van der Waals surface area contributed by atoms with Gasteiger partial charge in [0.1, 0.15) is 40.5 Å². The van der Waals surface area contributed by atoms with Gasteiger partial charge in [-0.3, -0.25) is 9.59 Å². The summed E-state index contributed by atoms with van der Waals surface area (Å²) in [5, 5.41) is 96.1. The summed E-state index contributed by atoms with van der Waals surface area (Å²) in [6.07, 6.45) is 21.9. The lowest BCUT2D eigenvalue weighted by Crippen LogP contribution is -2.88. The number of hydrogen-bond donors (Lipinski definition) is 9. The lowest BCUT2D eigenvalue weighted by molar-refractivity contribution is -0.461. The van der Waals surface area contributed by atoms with E-state index in [2.05, 4.69) is 16.7 Å². The summed E-state index contributed by atoms with van der Waals surface area (Å²) in [4.78, 5) is 46.7. The molecule has 17 unspecified atom stereocenters. The Balaban J connectivity index is 0.867. The van der Waals surface area contributed by atoms with Crippen molar-refractivity contribution in [1.29, 1.82) is 0 Å². The largest absolute Gasteiger partial charge is 0.511 e. The highest BCUT2D eigenvalue weighted by atomic mass is 33.1. The van der Waals surface area contributed by atoms with Crippen molar-refractivity contribution in [2.75, 3.05) is 19.0 Å². The molecule has 0 radical (unpaired) electrons. The van der Waals surface area contributed by atoms with Crippen LogP contribution in [-0.4, -0.2) is 113 Å². The fourth-order valence-corrected chi connectivity index (χ4v) is 26.1. The van der Waals surface area contributed by atoms with E-state index in [1.165, 1.54) is 65.6 Å². The zero-order valence-electron chi connectivity index (χ0n) is 48.7. The smallest absolute Gasteiger partial charge is 0.240 e. The van der Waals surface area contributed by atoms with Crippen LogP contribution >= 0.6 is 21.6 Å². The summed E-state index contributed by atoms with van der Waals surface area (Å²) in [6.45, 7) is -0.289. The van der Waals surface area contributed by atoms with E-state index in [-0.39, 0.29) is 76.6 Å². The second-order valence-corrected chi connectivity index (χ2v) is 32.7. The topological polar surface area (TPSA) is 235 Å². The summed E-state index contributed by atoms with van der Waals surface area (Å²) >= 11 is 0. The molecule has 14 nitrogen and oxygen atoms in total. The van der Waals surface area contributed by atoms with Crippen LogP contribution in [-0.2, 0) is 22.6 Å². The van der Waals surface area contributed by atoms with Gasteiger partial charge in [0.25, 0.3) is 0 Å². The van der Waals surface area contributed by atoms with Crippen molar-refractivity contribution in [2.24, 2.45) is 68.5 Å². The highest BCUT2D eigenvalue weighted by Crippen LogP contribution is 2.81. The van der Waals surface area contributed by atoms with Crippen LogP contribution in [0, 0.1) is 68.5 Å². The Kier molecular flexibility index (Phi) is 12.9. The summed E-state index contributed by atoms with van der Waals surface area (Å²) in [5.74, 6) is -5.14. The average Bonchev–Trinajstić information content (AvgIpc) is 1.60. The maximum Gasteiger partial charge on any atom is 0.240 e. The van der Waals surface area contributed by atoms with Gasteiger partial charge in [-0.2, -0.15) is 0 Å². The fourth-order valence-electron chi connectivity index (χ4n) is 23.2. The number of aldehydes is 1. The van der Waals surface area contributed by atoms with Crippen LogP contribution in [0.4, 0.5) is 0 Å². The second kappa shape index (κ2) is 19.5. The van der Waals surface area contributed by atoms with Gasteiger partial charge >= 0.3 is 0 Å². The molecule has 17 atom stereocenters. The standard InChI is InChI=1S/C69H84N2O12S2/c72-32-40-9-6-8-39(22-40)23-41-24-50-56(76)45-10-7-11-51-55(45)58(77)68(50,52(75)25-41)53(13-18-64(80)16-2-1-3-17-64)85-84-38-71-54-28-49-47(31-70-54)42-26-43-30-63(35-62(29-44(63)33-73)21-20-61(34-62)14-4-5-15-61)36-65(43,49)57-46(27-42)48-12-19-67(82-51)60(79)69(57,81)59(78)66(48,37-74)83-67/h6-11,22,24-25,28,33,42-44,46,48,50,53,57,59-60,70-72,74-75,78-81H,1-5,12-21,23,26-27,29-32,34-38H2. The number of hydrogen-bond acceptors (Lipinski definition) is 16. The Morgan fingerprint density at radius 1 is 0.824 bits per heavy atom. The molecule has 454 valence electrons. The number of Topliss-reactive ketones (excluding diaryl/α,β-unsaturated/α-hetero) is 2. The molecule has 2 saturated heterocycles. The van der Waals surface area contributed by atoms with Gasteiger partial charge < -0.3 is 60.6 Å². The van der Waals surface area contributed by atoms with E-state index >= 15 is 9.59 Å². The fraction of sp³-hybridized carbons (Fsp3) is 0.667. The third-order valence-corrected chi connectivity index (χ3v) is 29.0. The van der Waals surface area contributed by atoms with Crippen LogP contribution in [0.15, 0.2) is 89.0 Å². The number of benzene rings is 2. The Morgan fingerprint density at radius 3 is 2.41 bits per heavy atom. The van der Waals surface area contributed by atoms with Crippen molar-refractivity contribution in [3.05, 3.63) is 111 Å². The molecule has 2 aromatic rings. The Bertz CT molecular complexity index is 3290. The van der Waals surface area contributed by atoms with Gasteiger partial charge in [-0.25, -0.2) is 0 Å². The number of ketones is 2. The molecule has 10 bridgehead atoms. The highest BCUT2D eigenvalue weighted by Gasteiger charge is 2.84. The zero-order valence-corrected chi connectivity index (χ0v) is 50.3. The van der Waals surface area contributed by atoms with Gasteiger partial charge in [0, 0.05) is 41.0 Å². The van der Waals surface area contributed by atoms with E-state index < -0.39 is 86.8 Å². The van der Waals surface area contributed by atoms with Crippen LogP contribution in [0.25, 0.3) is 0 Å². The van der Waals surface area contributed by atoms with E-state index in [0.29, 0.717) is 73.9 Å². The molecule has 0 amide bonds. The van der Waals surface area contributed by atoms with Gasteiger partial charge in [0.2, 0.25) is 5.79 Å². The van der Waals surface area contributed by atoms with Gasteiger partial charge in [-0.05, 0) is 195 Å². The first-order valence-corrected chi connectivity index (χ1v) is 34.8. The van der Waals surface area contributed by atoms with E-state index in [1.54, 1.807) is 24.3 Å². The van der Waals surface area contributed by atoms with Crippen LogP contribution in [0.2, 0.25) is 0 Å². The Morgan fingerprint density at radius 2 is 1.61 bits per heavy atom. The molecule has 11 aliphatic carbocycles. The first-order chi connectivity index (χ1) is 41.0. The molecule has 7 saturated carbocycles. The van der Waals surface area contributed by atoms with Crippen molar-refractivity contribution in [2.45, 2.75) is 194 Å². The summed E-state index contributed by atoms with van der Waals surface area (Å²) in [7, 11) is 2.94. The normalized spacial score (nSPS) is 44.8. The molecule has 9 N–H and O–H groups in total. The number of aliphatic hydroxyl groups excluding tert-OH is 5. The van der Waals surface area contributed by atoms with Gasteiger partial charge in [-0.15, -0.1) is 0 Å². The van der Waals surface area contributed by atoms with E-state index in [9.17, 15) is 40.5 Å². The third kappa shape index (κ3) is 7.67. The molecule has 16 heteroatoms. The number of nitrogens with one attached hydrogen (secondary N) is 2. The minimum atomic E-state index is -2.35. The van der Waals surface area contributed by atoms with Gasteiger partial charge in [-0.1, -0.05) is 96.2 Å². The van der Waals surface area contributed by atoms with E-state index in [0.717, 1.165) is 74.7 Å². The molecule has 85 heavy (non-hydrogen) atoms. The lowest BCUT2D eigenvalue weighted by Gasteiger charge is -2.72. The van der Waals surface area contributed by atoms with Crippen LogP contribution in [0.1, 0.15) is 173 Å². The minimum Gasteiger partial charge on any atom is -0.511 e. The predicted molar refractivity (Wildman–Crippen MR) is 320 cm³/mol. The Labute approximate surface area is 505 Å². The molecule has 17 rings (SSSR count). The Hall–Kier alpha value is -3.97. The van der Waals surface area contributed by atoms with Crippen molar-refractivity contribution in [3.8, 4) is 5.75 Å². The molecule has 2 aromatic carbocycles. The number of dihydropyridines is 1. The van der Waals surface area contributed by atoms with Crippen molar-refractivity contribution >= 4 is 39.4 Å². The maximum atomic E-state index is 16.7. The van der Waals surface area contributed by atoms with Gasteiger partial charge in [0.05, 0.1) is 42.0 Å². The molecule has 6 spiro atoms. The molecule has 4 aliphatic heterocycles. The van der Waals surface area contributed by atoms with Crippen LogP contribution in [0.3, 0.4) is 0 Å². The van der Waals surface area contributed by atoms with E-state index in [1.807, 2.05) is 30.3 Å². The first-order valence-electron chi connectivity index (χ1n) is 32.5. The maximum absolute atomic E-state index is 16.7. The molecular formula is C69H84N2O12S2. The first kappa shape index (κ1) is 56.3. The number of carbonyl (C=O) groups is 3. The monoisotopic (exact) mass is 1200 g/mol. The summed E-state index contributed by atoms with van der Waals surface area (Å²) in [6, 6.07) is 12.3. The van der Waals surface area contributed by atoms with E-state index in [4.69, 9.17) is 9.47 Å². The third-order valence-electron chi connectivity index (χ3n) is 26.3. The number of rotatable bonds is 8. The number of ether oxygens (including phenoxy) is 2. The summed E-state index contributed by atoms with van der Waals surface area (Å²) < 4.78 is 14.5. The molecular weight excluding hydrogens is 1110 g/mol. The van der Waals surface area contributed by atoms with Crippen molar-refractivity contribution < 1.29 is 59.6 Å². The summed E-state index contributed by atoms with van der Waals surface area (Å²) in [5.41, 5.74) is -3.25. The number of allylic oxidation sites excluding steroid dienone is 6. The van der Waals surface area contributed by atoms with Crippen molar-refractivity contribution in [1.82, 2.24) is 10.6 Å². The second-order valence-electron chi connectivity index (χ2n) is 30.1. The SMILES string of the molecule is O=CC1CC2(CCC3(CCCC3)C2)CC12CC1CC3CC4C5CCC67Oc8cccc9c8C(=O)C8(C(O)=CC(Cc%10cccc(CO)c%10)=CC8C9=O)C(CCC8(O)CCCCC8)SSCNC8=CC(=C3CN8)C1(C2)C4C(O)(C6O)C(O)C5(CO)O7. The molecule has 4 heterocycles. The number of aliphatic hydroxyl groups is 7. The predicted octanol–water partition coefficient (Wildman–Crippen LogP) is 9.40. The van der Waals surface area contributed by atoms with Gasteiger partial charge in [0.15, 0.2) is 17.7 Å². The zero-order chi connectivity index (χ0) is 58.3. The van der Waals surface area contributed by atoms with Crippen molar-refractivity contribution in [3.63, 3.8) is 0 Å². The molecule has 0 aromatic heterocycles. The van der Waals surface area contributed by atoms with Crippen LogP contribution < -0.4 is 15.4 Å². The minimum absolute atomic E-state index is 0.00487. The number of carbonyl (C=O) groups excluding carboxylic acids is 3. The lowest BCUT2D eigenvalue weighted by atomic mass is 9.42. The molecule has 15 aliphatic rings.